The zero-order valence-electron chi connectivity index (χ0n) is 15.2. The molecule has 0 aliphatic carbocycles. The summed E-state index contributed by atoms with van der Waals surface area (Å²) in [6, 6.07) is 2.87. The molecule has 2 atom stereocenters. The summed E-state index contributed by atoms with van der Waals surface area (Å²) in [4.78, 5) is 36.6. The van der Waals surface area contributed by atoms with Crippen LogP contribution in [0.25, 0.3) is 0 Å². The number of benzene rings is 1. The molecule has 3 aliphatic heterocycles. The Balaban J connectivity index is 1.57. The molecule has 1 aromatic carbocycles. The molecule has 0 bridgehead atoms. The van der Waals surface area contributed by atoms with Crippen molar-refractivity contribution in [2.45, 2.75) is 50.9 Å². The van der Waals surface area contributed by atoms with Crippen LogP contribution in [0.4, 0.5) is 11.4 Å². The van der Waals surface area contributed by atoms with Gasteiger partial charge in [-0.3, -0.25) is 19.7 Å². The van der Waals surface area contributed by atoms with Gasteiger partial charge in [-0.2, -0.15) is 0 Å². The fourth-order valence-electron chi connectivity index (χ4n) is 3.76. The second-order valence-corrected chi connectivity index (χ2v) is 7.67. The van der Waals surface area contributed by atoms with Crippen LogP contribution >= 0.6 is 0 Å². The average Bonchev–Trinajstić information content (AvgIpc) is 3.39. The van der Waals surface area contributed by atoms with Crippen molar-refractivity contribution >= 4 is 23.2 Å². The normalized spacial score (nSPS) is 25.1. The minimum Gasteiger partial charge on any atom is -0.484 e. The smallest absolute Gasteiger partial charge is 0.296 e. The predicted molar refractivity (Wildman–Crippen MR) is 94.5 cm³/mol. The lowest BCUT2D eigenvalue weighted by atomic mass is 9.93. The first-order valence-corrected chi connectivity index (χ1v) is 9.01. The van der Waals surface area contributed by atoms with Crippen molar-refractivity contribution in [3.05, 3.63) is 27.8 Å². The third-order valence-electron chi connectivity index (χ3n) is 5.21. The number of nitro groups is 1. The highest BCUT2D eigenvalue weighted by Crippen LogP contribution is 2.55. The number of anilines is 1. The van der Waals surface area contributed by atoms with Crippen LogP contribution in [0.2, 0.25) is 0 Å². The van der Waals surface area contributed by atoms with Crippen LogP contribution in [-0.2, 0) is 14.3 Å². The van der Waals surface area contributed by atoms with E-state index >= 15 is 0 Å². The van der Waals surface area contributed by atoms with Crippen LogP contribution in [-0.4, -0.2) is 46.4 Å². The lowest BCUT2D eigenvalue weighted by Crippen LogP contribution is -2.41. The lowest BCUT2D eigenvalue weighted by Gasteiger charge is -2.29. The summed E-state index contributed by atoms with van der Waals surface area (Å²) in [5.41, 5.74) is -0.0349. The van der Waals surface area contributed by atoms with Gasteiger partial charge < -0.3 is 19.7 Å². The van der Waals surface area contributed by atoms with Gasteiger partial charge in [-0.1, -0.05) is 0 Å². The number of piperidine rings is 1. The first-order valence-electron chi connectivity index (χ1n) is 9.01. The Labute approximate surface area is 155 Å². The van der Waals surface area contributed by atoms with Gasteiger partial charge in [0.1, 0.15) is 29.2 Å². The topological polar surface area (TPSA) is 114 Å². The third kappa shape index (κ3) is 3.23. The van der Waals surface area contributed by atoms with E-state index in [1.54, 1.807) is 6.07 Å². The van der Waals surface area contributed by atoms with Gasteiger partial charge in [-0.15, -0.1) is 0 Å². The average molecular weight is 375 g/mol. The SMILES string of the molecule is CC1(C)Oc2cc([N+](=O)[O-])c(NC(=O)CN3CCCCC3=O)cc2C2OC21. The molecule has 4 rings (SSSR count). The molecule has 2 fully saturated rings. The summed E-state index contributed by atoms with van der Waals surface area (Å²) in [6.45, 7) is 4.16. The minimum atomic E-state index is -0.565. The number of nitrogens with one attached hydrogen (secondary N) is 1. The van der Waals surface area contributed by atoms with Gasteiger partial charge in [0.05, 0.1) is 17.5 Å². The summed E-state index contributed by atoms with van der Waals surface area (Å²) in [5.74, 6) is -0.130. The van der Waals surface area contributed by atoms with E-state index in [0.29, 0.717) is 24.3 Å². The minimum absolute atomic E-state index is 0.0683. The lowest BCUT2D eigenvalue weighted by molar-refractivity contribution is -0.384. The van der Waals surface area contributed by atoms with Gasteiger partial charge in [-0.25, -0.2) is 0 Å². The van der Waals surface area contributed by atoms with Gasteiger partial charge in [0.25, 0.3) is 5.69 Å². The number of epoxide rings is 1. The number of carbonyl (C=O) groups excluding carboxylic acids is 2. The second kappa shape index (κ2) is 6.19. The summed E-state index contributed by atoms with van der Waals surface area (Å²) in [5, 5.41) is 14.1. The Kier molecular flexibility index (Phi) is 4.06. The number of ether oxygens (including phenoxy) is 2. The van der Waals surface area contributed by atoms with E-state index in [0.717, 1.165) is 12.8 Å². The maximum atomic E-state index is 12.4. The van der Waals surface area contributed by atoms with Gasteiger partial charge in [-0.05, 0) is 32.8 Å². The standard InChI is InChI=1S/C18H21N3O6/c1-18(2)17-16(26-17)10-7-11(12(21(24)25)8-13(10)27-18)19-14(22)9-20-6-4-3-5-15(20)23/h7-8,16-17H,3-6,9H2,1-2H3,(H,19,22). The van der Waals surface area contributed by atoms with Crippen LogP contribution in [0, 0.1) is 10.1 Å². The fourth-order valence-corrected chi connectivity index (χ4v) is 3.76. The Morgan fingerprint density at radius 1 is 1.41 bits per heavy atom. The molecule has 2 saturated heterocycles. The first kappa shape index (κ1) is 17.7. The molecular formula is C18H21N3O6. The highest BCUT2D eigenvalue weighted by atomic mass is 16.6. The van der Waals surface area contributed by atoms with Crippen LogP contribution in [0.15, 0.2) is 12.1 Å². The molecule has 2 amide bonds. The Hall–Kier alpha value is -2.68. The third-order valence-corrected chi connectivity index (χ3v) is 5.21. The molecule has 3 aliphatic rings. The van der Waals surface area contributed by atoms with Gasteiger partial charge in [0.15, 0.2) is 0 Å². The largest absolute Gasteiger partial charge is 0.484 e. The fraction of sp³-hybridized carbons (Fsp3) is 0.556. The van der Waals surface area contributed by atoms with Crippen molar-refractivity contribution in [1.82, 2.24) is 4.90 Å². The van der Waals surface area contributed by atoms with E-state index in [4.69, 9.17) is 9.47 Å². The number of nitrogens with zero attached hydrogens (tertiary/aromatic N) is 2. The van der Waals surface area contributed by atoms with Crippen molar-refractivity contribution in [2.24, 2.45) is 0 Å². The molecule has 0 saturated carbocycles. The van der Waals surface area contributed by atoms with Gasteiger partial charge in [0.2, 0.25) is 11.8 Å². The number of likely N-dealkylation sites (tertiary alicyclic amines) is 1. The maximum Gasteiger partial charge on any atom is 0.296 e. The van der Waals surface area contributed by atoms with E-state index < -0.39 is 16.4 Å². The quantitative estimate of drug-likeness (QED) is 0.490. The summed E-state index contributed by atoms with van der Waals surface area (Å²) >= 11 is 0. The molecule has 27 heavy (non-hydrogen) atoms. The number of hydrogen-bond acceptors (Lipinski definition) is 6. The van der Waals surface area contributed by atoms with E-state index in [1.165, 1.54) is 11.0 Å². The van der Waals surface area contributed by atoms with E-state index in [9.17, 15) is 19.7 Å². The van der Waals surface area contributed by atoms with E-state index in [2.05, 4.69) is 5.32 Å². The van der Waals surface area contributed by atoms with Crippen molar-refractivity contribution in [3.63, 3.8) is 0 Å². The van der Waals surface area contributed by atoms with Gasteiger partial charge >= 0.3 is 0 Å². The molecule has 0 radical (unpaired) electrons. The Bertz CT molecular complexity index is 837. The molecule has 2 unspecified atom stereocenters. The van der Waals surface area contributed by atoms with Crippen molar-refractivity contribution < 1.29 is 24.0 Å². The number of rotatable bonds is 4. The predicted octanol–water partition coefficient (Wildman–Crippen LogP) is 2.16. The molecule has 9 heteroatoms. The highest BCUT2D eigenvalue weighted by molar-refractivity contribution is 5.96. The highest BCUT2D eigenvalue weighted by Gasteiger charge is 2.57. The van der Waals surface area contributed by atoms with E-state index in [1.807, 2.05) is 13.8 Å². The molecule has 0 spiro atoms. The molecule has 3 heterocycles. The summed E-state index contributed by atoms with van der Waals surface area (Å²) in [6.07, 6.45) is 1.81. The van der Waals surface area contributed by atoms with Crippen molar-refractivity contribution in [1.29, 1.82) is 0 Å². The second-order valence-electron chi connectivity index (χ2n) is 7.67. The first-order chi connectivity index (χ1) is 12.8. The summed E-state index contributed by atoms with van der Waals surface area (Å²) in [7, 11) is 0. The number of fused-ring (bicyclic) bond motifs is 3. The monoisotopic (exact) mass is 375 g/mol. The Morgan fingerprint density at radius 3 is 2.89 bits per heavy atom. The van der Waals surface area contributed by atoms with Crippen LogP contribution in [0.5, 0.6) is 5.75 Å². The maximum absolute atomic E-state index is 12.4. The van der Waals surface area contributed by atoms with Gasteiger partial charge in [0, 0.05) is 18.5 Å². The molecule has 1 N–H and O–H groups in total. The number of carbonyl (C=O) groups is 2. The summed E-state index contributed by atoms with van der Waals surface area (Å²) < 4.78 is 11.5. The number of hydrogen-bond donors (Lipinski definition) is 1. The Morgan fingerprint density at radius 2 is 2.19 bits per heavy atom. The molecular weight excluding hydrogens is 354 g/mol. The van der Waals surface area contributed by atoms with Crippen LogP contribution < -0.4 is 10.1 Å². The number of amides is 2. The zero-order valence-corrected chi connectivity index (χ0v) is 15.2. The van der Waals surface area contributed by atoms with Crippen LogP contribution in [0.3, 0.4) is 0 Å². The molecule has 0 aromatic heterocycles. The molecule has 1 aromatic rings. The number of nitro benzene ring substituents is 1. The molecule has 9 nitrogen and oxygen atoms in total. The molecule has 144 valence electrons. The van der Waals surface area contributed by atoms with Crippen molar-refractivity contribution in [2.75, 3.05) is 18.4 Å². The van der Waals surface area contributed by atoms with Crippen LogP contribution in [0.1, 0.15) is 44.8 Å². The zero-order chi connectivity index (χ0) is 19.3. The van der Waals surface area contributed by atoms with E-state index in [-0.39, 0.29) is 36.0 Å². The van der Waals surface area contributed by atoms with Crippen molar-refractivity contribution in [3.8, 4) is 5.75 Å².